The minimum Gasteiger partial charge on any atom is -0.245 e. The minimum absolute atomic E-state index is 0.719. The van der Waals surface area contributed by atoms with Crippen LogP contribution in [0.15, 0.2) is 18.7 Å². The van der Waals surface area contributed by atoms with E-state index in [0.29, 0.717) is 0 Å². The summed E-state index contributed by atoms with van der Waals surface area (Å²) in [6.45, 7) is 2.29. The molecule has 2 heteroatoms. The molecule has 2 nitrogen and oxygen atoms in total. The molecule has 1 saturated carbocycles. The molecule has 0 unspecified atom stereocenters. The molecule has 0 atom stereocenters. The molecule has 1 heterocycles. The molecule has 21 heavy (non-hydrogen) atoms. The number of hydrogen-bond acceptors (Lipinski definition) is 2. The van der Waals surface area contributed by atoms with E-state index in [9.17, 15) is 0 Å². The molecule has 0 aliphatic heterocycles. The monoisotopic (exact) mass is 288 g/mol. The molecule has 1 fully saturated rings. The van der Waals surface area contributed by atoms with E-state index in [-0.39, 0.29) is 0 Å². The van der Waals surface area contributed by atoms with E-state index in [2.05, 4.69) is 16.9 Å². The van der Waals surface area contributed by atoms with Crippen LogP contribution in [-0.4, -0.2) is 9.97 Å². The zero-order valence-electron chi connectivity index (χ0n) is 13.8. The standard InChI is InChI=1S/C19H32N2/c1-2-3-4-5-6-7-8-9-17-10-12-18(13-11-17)19-14-20-16-21-15-19/h14-18H,2-13H2,1H3. The molecule has 0 aromatic carbocycles. The number of unbranched alkanes of at least 4 members (excludes halogenated alkanes) is 6. The van der Waals surface area contributed by atoms with Crippen molar-refractivity contribution in [1.29, 1.82) is 0 Å². The Kier molecular flexibility index (Phi) is 7.77. The Labute approximate surface area is 130 Å². The average molecular weight is 288 g/mol. The first-order valence-electron chi connectivity index (χ1n) is 9.15. The first kappa shape index (κ1) is 16.5. The van der Waals surface area contributed by atoms with Crippen molar-refractivity contribution in [3.05, 3.63) is 24.3 Å². The lowest BCUT2D eigenvalue weighted by Crippen LogP contribution is -2.13. The Morgan fingerprint density at radius 1 is 0.857 bits per heavy atom. The van der Waals surface area contributed by atoms with Crippen LogP contribution in [0.5, 0.6) is 0 Å². The van der Waals surface area contributed by atoms with Gasteiger partial charge in [-0.25, -0.2) is 9.97 Å². The van der Waals surface area contributed by atoms with Crippen molar-refractivity contribution in [2.24, 2.45) is 5.92 Å². The molecule has 0 saturated heterocycles. The highest BCUT2D eigenvalue weighted by Gasteiger charge is 2.22. The summed E-state index contributed by atoms with van der Waals surface area (Å²) >= 11 is 0. The topological polar surface area (TPSA) is 25.8 Å². The van der Waals surface area contributed by atoms with Crippen LogP contribution < -0.4 is 0 Å². The number of hydrogen-bond donors (Lipinski definition) is 0. The summed E-state index contributed by atoms with van der Waals surface area (Å²) in [5.74, 6) is 1.71. The fourth-order valence-corrected chi connectivity index (χ4v) is 3.70. The van der Waals surface area contributed by atoms with Crippen molar-refractivity contribution in [3.8, 4) is 0 Å². The fraction of sp³-hybridized carbons (Fsp3) is 0.789. The minimum atomic E-state index is 0.719. The van der Waals surface area contributed by atoms with Crippen molar-refractivity contribution >= 4 is 0 Å². The van der Waals surface area contributed by atoms with E-state index >= 15 is 0 Å². The zero-order valence-corrected chi connectivity index (χ0v) is 13.8. The van der Waals surface area contributed by atoms with Gasteiger partial charge in [0.2, 0.25) is 0 Å². The van der Waals surface area contributed by atoms with Gasteiger partial charge >= 0.3 is 0 Å². The fourth-order valence-electron chi connectivity index (χ4n) is 3.70. The molecule has 1 aromatic rings. The number of nitrogens with zero attached hydrogens (tertiary/aromatic N) is 2. The molecule has 0 N–H and O–H groups in total. The van der Waals surface area contributed by atoms with Crippen LogP contribution in [0.1, 0.15) is 95.5 Å². The summed E-state index contributed by atoms with van der Waals surface area (Å²) < 4.78 is 0. The van der Waals surface area contributed by atoms with E-state index in [0.717, 1.165) is 11.8 Å². The van der Waals surface area contributed by atoms with Crippen molar-refractivity contribution in [1.82, 2.24) is 9.97 Å². The lowest BCUT2D eigenvalue weighted by Gasteiger charge is -2.28. The van der Waals surface area contributed by atoms with Crippen molar-refractivity contribution in [2.75, 3.05) is 0 Å². The molecular formula is C19H32N2. The van der Waals surface area contributed by atoms with Gasteiger partial charge in [-0.3, -0.25) is 0 Å². The van der Waals surface area contributed by atoms with Gasteiger partial charge in [-0.2, -0.15) is 0 Å². The third kappa shape index (κ3) is 6.15. The van der Waals surface area contributed by atoms with Gasteiger partial charge in [-0.15, -0.1) is 0 Å². The van der Waals surface area contributed by atoms with Crippen LogP contribution in [0.4, 0.5) is 0 Å². The van der Waals surface area contributed by atoms with E-state index in [1.165, 1.54) is 82.6 Å². The highest BCUT2D eigenvalue weighted by atomic mass is 14.8. The predicted molar refractivity (Wildman–Crippen MR) is 89.3 cm³/mol. The second kappa shape index (κ2) is 9.92. The van der Waals surface area contributed by atoms with Crippen LogP contribution in [0, 0.1) is 5.92 Å². The van der Waals surface area contributed by atoms with Crippen molar-refractivity contribution < 1.29 is 0 Å². The van der Waals surface area contributed by atoms with Gasteiger partial charge < -0.3 is 0 Å². The number of rotatable bonds is 9. The summed E-state index contributed by atoms with van der Waals surface area (Å²) in [6.07, 6.45) is 22.7. The maximum Gasteiger partial charge on any atom is 0.115 e. The molecule has 2 rings (SSSR count). The van der Waals surface area contributed by atoms with Crippen LogP contribution in [0.25, 0.3) is 0 Å². The summed E-state index contributed by atoms with van der Waals surface area (Å²) in [4.78, 5) is 8.32. The van der Waals surface area contributed by atoms with Gasteiger partial charge in [0.1, 0.15) is 6.33 Å². The molecule has 1 aromatic heterocycles. The van der Waals surface area contributed by atoms with Gasteiger partial charge in [-0.05, 0) is 43.1 Å². The summed E-state index contributed by atoms with van der Waals surface area (Å²) in [7, 11) is 0. The number of aromatic nitrogens is 2. The molecule has 0 amide bonds. The van der Waals surface area contributed by atoms with Gasteiger partial charge in [0.05, 0.1) is 0 Å². The Balaban J connectivity index is 1.53. The van der Waals surface area contributed by atoms with Gasteiger partial charge in [0, 0.05) is 12.4 Å². The molecule has 118 valence electrons. The maximum atomic E-state index is 4.16. The van der Waals surface area contributed by atoms with Crippen LogP contribution in [-0.2, 0) is 0 Å². The van der Waals surface area contributed by atoms with Crippen molar-refractivity contribution in [2.45, 2.75) is 89.9 Å². The van der Waals surface area contributed by atoms with E-state index in [1.807, 2.05) is 12.4 Å². The molecule has 1 aliphatic carbocycles. The highest BCUT2D eigenvalue weighted by Crippen LogP contribution is 2.37. The SMILES string of the molecule is CCCCCCCCCC1CCC(c2cncnc2)CC1. The Bertz CT molecular complexity index is 355. The molecule has 1 aliphatic rings. The summed E-state index contributed by atoms with van der Waals surface area (Å²) in [5.41, 5.74) is 1.35. The van der Waals surface area contributed by atoms with Crippen LogP contribution in [0.2, 0.25) is 0 Å². The van der Waals surface area contributed by atoms with Gasteiger partial charge in [-0.1, -0.05) is 58.3 Å². The van der Waals surface area contributed by atoms with Crippen LogP contribution >= 0.6 is 0 Å². The van der Waals surface area contributed by atoms with Gasteiger partial charge in [0.25, 0.3) is 0 Å². The Morgan fingerprint density at radius 2 is 1.48 bits per heavy atom. The average Bonchev–Trinajstić information content (AvgIpc) is 2.55. The third-order valence-electron chi connectivity index (χ3n) is 5.11. The molecule has 0 bridgehead atoms. The van der Waals surface area contributed by atoms with E-state index in [4.69, 9.17) is 0 Å². The van der Waals surface area contributed by atoms with Crippen molar-refractivity contribution in [3.63, 3.8) is 0 Å². The second-order valence-corrected chi connectivity index (χ2v) is 6.80. The summed E-state index contributed by atoms with van der Waals surface area (Å²) in [5, 5.41) is 0. The largest absolute Gasteiger partial charge is 0.245 e. The second-order valence-electron chi connectivity index (χ2n) is 6.80. The molecular weight excluding hydrogens is 256 g/mol. The first-order valence-corrected chi connectivity index (χ1v) is 9.15. The highest BCUT2D eigenvalue weighted by molar-refractivity contribution is 5.10. The lowest BCUT2D eigenvalue weighted by atomic mass is 9.77. The quantitative estimate of drug-likeness (QED) is 0.529. The first-order chi connectivity index (χ1) is 10.4. The predicted octanol–water partition coefficient (Wildman–Crippen LogP) is 5.89. The van der Waals surface area contributed by atoms with Gasteiger partial charge in [0.15, 0.2) is 0 Å². The van der Waals surface area contributed by atoms with E-state index in [1.54, 1.807) is 6.33 Å². The molecule has 0 spiro atoms. The normalized spacial score (nSPS) is 22.3. The smallest absolute Gasteiger partial charge is 0.115 e. The summed E-state index contributed by atoms with van der Waals surface area (Å²) in [6, 6.07) is 0. The van der Waals surface area contributed by atoms with Crippen LogP contribution in [0.3, 0.4) is 0 Å². The lowest BCUT2D eigenvalue weighted by molar-refractivity contribution is 0.301. The Hall–Kier alpha value is -0.920. The third-order valence-corrected chi connectivity index (χ3v) is 5.11. The molecule has 0 radical (unpaired) electrons. The zero-order chi connectivity index (χ0) is 14.8. The maximum absolute atomic E-state index is 4.16. The van der Waals surface area contributed by atoms with E-state index < -0.39 is 0 Å². The Morgan fingerprint density at radius 3 is 2.14 bits per heavy atom.